The first kappa shape index (κ1) is 22.6. The van der Waals surface area contributed by atoms with Crippen molar-refractivity contribution in [1.29, 1.82) is 0 Å². The van der Waals surface area contributed by atoms with Crippen LogP contribution in [0.25, 0.3) is 0 Å². The summed E-state index contributed by atoms with van der Waals surface area (Å²) in [5, 5.41) is 2.96. The highest BCUT2D eigenvalue weighted by Gasteiger charge is 2.28. The number of nitrogens with one attached hydrogen (secondary N) is 1. The molecule has 0 saturated carbocycles. The summed E-state index contributed by atoms with van der Waals surface area (Å²) in [7, 11) is -3.91. The van der Waals surface area contributed by atoms with Crippen LogP contribution in [0, 0.1) is 20.8 Å². The molecular formula is C25H28N2O3S. The van der Waals surface area contributed by atoms with Crippen LogP contribution in [0.15, 0.2) is 77.7 Å². The van der Waals surface area contributed by atoms with Gasteiger partial charge in [0.1, 0.15) is 6.54 Å². The van der Waals surface area contributed by atoms with Gasteiger partial charge in [-0.15, -0.1) is 0 Å². The number of benzene rings is 3. The molecule has 162 valence electrons. The second-order valence-corrected chi connectivity index (χ2v) is 9.62. The van der Waals surface area contributed by atoms with Crippen LogP contribution in [0.1, 0.15) is 35.2 Å². The molecule has 6 heteroatoms. The average Bonchev–Trinajstić information content (AvgIpc) is 2.75. The minimum atomic E-state index is -3.91. The summed E-state index contributed by atoms with van der Waals surface area (Å²) < 4.78 is 28.0. The molecule has 5 nitrogen and oxygen atoms in total. The first-order valence-corrected chi connectivity index (χ1v) is 11.6. The zero-order chi connectivity index (χ0) is 22.6. The molecule has 0 saturated heterocycles. The molecule has 0 aliphatic heterocycles. The van der Waals surface area contributed by atoms with Crippen molar-refractivity contribution in [1.82, 2.24) is 5.32 Å². The molecule has 0 aromatic heterocycles. The molecule has 1 amide bonds. The maximum atomic E-state index is 13.4. The zero-order valence-corrected chi connectivity index (χ0v) is 19.1. The highest BCUT2D eigenvalue weighted by Crippen LogP contribution is 2.27. The van der Waals surface area contributed by atoms with Crippen molar-refractivity contribution in [3.8, 4) is 0 Å². The topological polar surface area (TPSA) is 66.5 Å². The van der Waals surface area contributed by atoms with Gasteiger partial charge < -0.3 is 5.32 Å². The van der Waals surface area contributed by atoms with Crippen LogP contribution in [0.4, 0.5) is 5.69 Å². The number of carbonyl (C=O) groups excluding carboxylic acids is 1. The van der Waals surface area contributed by atoms with Gasteiger partial charge in [-0.3, -0.25) is 9.10 Å². The molecule has 3 rings (SSSR count). The Balaban J connectivity index is 1.91. The monoisotopic (exact) mass is 436 g/mol. The van der Waals surface area contributed by atoms with E-state index in [9.17, 15) is 13.2 Å². The number of aryl methyl sites for hydroxylation is 3. The third kappa shape index (κ3) is 5.14. The quantitative estimate of drug-likeness (QED) is 0.585. The number of amides is 1. The molecule has 0 radical (unpaired) electrons. The number of carbonyl (C=O) groups is 1. The summed E-state index contributed by atoms with van der Waals surface area (Å²) >= 11 is 0. The van der Waals surface area contributed by atoms with Crippen LogP contribution in [-0.4, -0.2) is 20.9 Å². The largest absolute Gasteiger partial charge is 0.348 e. The molecule has 0 heterocycles. The first-order valence-electron chi connectivity index (χ1n) is 10.2. The Morgan fingerprint density at radius 3 is 2.23 bits per heavy atom. The van der Waals surface area contributed by atoms with Gasteiger partial charge in [-0.2, -0.15) is 0 Å². The van der Waals surface area contributed by atoms with Gasteiger partial charge in [-0.1, -0.05) is 60.2 Å². The molecule has 0 unspecified atom stereocenters. The van der Waals surface area contributed by atoms with Crippen LogP contribution in [0.5, 0.6) is 0 Å². The Kier molecular flexibility index (Phi) is 6.81. The van der Waals surface area contributed by atoms with Gasteiger partial charge in [0.05, 0.1) is 16.6 Å². The van der Waals surface area contributed by atoms with Crippen LogP contribution < -0.4 is 9.62 Å². The van der Waals surface area contributed by atoms with Crippen molar-refractivity contribution in [3.05, 3.63) is 95.1 Å². The third-order valence-electron chi connectivity index (χ3n) is 5.28. The van der Waals surface area contributed by atoms with Crippen molar-refractivity contribution < 1.29 is 13.2 Å². The second-order valence-electron chi connectivity index (χ2n) is 7.76. The van der Waals surface area contributed by atoms with Crippen LogP contribution in [0.3, 0.4) is 0 Å². The lowest BCUT2D eigenvalue weighted by Crippen LogP contribution is -2.42. The summed E-state index contributed by atoms with van der Waals surface area (Å²) in [5.74, 6) is -0.365. The Hall–Kier alpha value is -3.12. The lowest BCUT2D eigenvalue weighted by atomic mass is 10.00. The smallest absolute Gasteiger partial charge is 0.264 e. The lowest BCUT2D eigenvalue weighted by Gasteiger charge is -2.26. The zero-order valence-electron chi connectivity index (χ0n) is 18.3. The Morgan fingerprint density at radius 2 is 1.55 bits per heavy atom. The fourth-order valence-corrected chi connectivity index (χ4v) is 5.09. The number of rotatable bonds is 7. The van der Waals surface area contributed by atoms with Gasteiger partial charge in [0, 0.05) is 0 Å². The minimum Gasteiger partial charge on any atom is -0.348 e. The molecule has 3 aromatic carbocycles. The summed E-state index contributed by atoms with van der Waals surface area (Å²) in [6.45, 7) is 7.43. The molecule has 0 bridgehead atoms. The number of hydrogen-bond acceptors (Lipinski definition) is 3. The highest BCUT2D eigenvalue weighted by molar-refractivity contribution is 7.92. The fraction of sp³-hybridized carbons (Fsp3) is 0.240. The molecule has 0 aliphatic rings. The van der Waals surface area contributed by atoms with E-state index in [1.54, 1.807) is 30.3 Å². The summed E-state index contributed by atoms with van der Waals surface area (Å²) in [4.78, 5) is 13.1. The first-order chi connectivity index (χ1) is 14.7. The number of sulfonamides is 1. The Morgan fingerprint density at radius 1 is 0.903 bits per heavy atom. The average molecular weight is 437 g/mol. The SMILES string of the molecule is Cc1ccc(C)c([C@@H](C)NC(=O)CN(c2ccccc2C)S(=O)(=O)c2ccccc2)c1. The minimum absolute atomic E-state index is 0.147. The number of hydrogen-bond donors (Lipinski definition) is 1. The predicted octanol–water partition coefficient (Wildman–Crippen LogP) is 4.68. The standard InChI is InChI=1S/C25H28N2O3S/c1-18-14-15-19(2)23(16-18)21(4)26-25(28)17-27(24-13-9-8-10-20(24)3)31(29,30)22-11-6-5-7-12-22/h5-16,21H,17H2,1-4H3,(H,26,28)/t21-/m1/s1. The highest BCUT2D eigenvalue weighted by atomic mass is 32.2. The molecule has 0 fully saturated rings. The van der Waals surface area contributed by atoms with E-state index >= 15 is 0 Å². The maximum absolute atomic E-state index is 13.4. The lowest BCUT2D eigenvalue weighted by molar-refractivity contribution is -0.120. The van der Waals surface area contributed by atoms with Gasteiger partial charge in [0.2, 0.25) is 5.91 Å². The Bertz CT molecular complexity index is 1170. The van der Waals surface area contributed by atoms with E-state index in [0.717, 1.165) is 22.3 Å². The fourth-order valence-electron chi connectivity index (χ4n) is 3.58. The van der Waals surface area contributed by atoms with Crippen LogP contribution in [-0.2, 0) is 14.8 Å². The van der Waals surface area contributed by atoms with E-state index in [0.29, 0.717) is 5.69 Å². The molecule has 0 aliphatic carbocycles. The van der Waals surface area contributed by atoms with E-state index < -0.39 is 10.0 Å². The molecular weight excluding hydrogens is 408 g/mol. The normalized spacial score (nSPS) is 12.3. The summed E-state index contributed by atoms with van der Waals surface area (Å²) in [6, 6.07) is 21.2. The van der Waals surface area contributed by atoms with E-state index in [4.69, 9.17) is 0 Å². The van der Waals surface area contributed by atoms with Crippen LogP contribution >= 0.6 is 0 Å². The van der Waals surface area contributed by atoms with Gasteiger partial charge in [0.15, 0.2) is 0 Å². The predicted molar refractivity (Wildman–Crippen MR) is 125 cm³/mol. The van der Waals surface area contributed by atoms with Crippen molar-refractivity contribution in [2.24, 2.45) is 0 Å². The van der Waals surface area contributed by atoms with E-state index in [1.807, 2.05) is 58.0 Å². The van der Waals surface area contributed by atoms with Crippen molar-refractivity contribution in [3.63, 3.8) is 0 Å². The van der Waals surface area contributed by atoms with Gasteiger partial charge in [-0.05, 0) is 62.6 Å². The van der Waals surface area contributed by atoms with E-state index in [1.165, 1.54) is 16.4 Å². The van der Waals surface area contributed by atoms with Crippen molar-refractivity contribution in [2.75, 3.05) is 10.8 Å². The van der Waals surface area contributed by atoms with Gasteiger partial charge in [0.25, 0.3) is 10.0 Å². The third-order valence-corrected chi connectivity index (χ3v) is 7.06. The van der Waals surface area contributed by atoms with Gasteiger partial charge >= 0.3 is 0 Å². The number of para-hydroxylation sites is 1. The van der Waals surface area contributed by atoms with E-state index in [2.05, 4.69) is 5.32 Å². The summed E-state index contributed by atoms with van der Waals surface area (Å²) in [5.41, 5.74) is 4.46. The van der Waals surface area contributed by atoms with Gasteiger partial charge in [-0.25, -0.2) is 8.42 Å². The molecule has 3 aromatic rings. The van der Waals surface area contributed by atoms with Crippen molar-refractivity contribution >= 4 is 21.6 Å². The Labute approximate surface area is 184 Å². The van der Waals surface area contributed by atoms with Crippen molar-refractivity contribution in [2.45, 2.75) is 38.6 Å². The molecule has 1 atom stereocenters. The number of anilines is 1. The second kappa shape index (κ2) is 9.35. The molecule has 1 N–H and O–H groups in total. The van der Waals surface area contributed by atoms with E-state index in [-0.39, 0.29) is 23.4 Å². The molecule has 31 heavy (non-hydrogen) atoms. The maximum Gasteiger partial charge on any atom is 0.264 e. The number of nitrogens with zero attached hydrogens (tertiary/aromatic N) is 1. The molecule has 0 spiro atoms. The summed E-state index contributed by atoms with van der Waals surface area (Å²) in [6.07, 6.45) is 0. The van der Waals surface area contributed by atoms with Crippen LogP contribution in [0.2, 0.25) is 0 Å².